The van der Waals surface area contributed by atoms with Crippen molar-refractivity contribution in [3.63, 3.8) is 0 Å². The predicted molar refractivity (Wildman–Crippen MR) is 94.5 cm³/mol. The summed E-state index contributed by atoms with van der Waals surface area (Å²) in [5, 5.41) is 2.89. The van der Waals surface area contributed by atoms with Crippen LogP contribution in [0.1, 0.15) is 26.2 Å². The van der Waals surface area contributed by atoms with Crippen LogP contribution in [0.5, 0.6) is 17.2 Å². The molecular formula is C18H26N2O5. The second-order valence-electron chi connectivity index (χ2n) is 5.93. The first-order chi connectivity index (χ1) is 12.0. The normalized spacial score (nSPS) is 16.7. The van der Waals surface area contributed by atoms with E-state index in [1.807, 2.05) is 0 Å². The fourth-order valence-electron chi connectivity index (χ4n) is 2.89. The van der Waals surface area contributed by atoms with Crippen LogP contribution in [0.4, 0.5) is 5.69 Å². The van der Waals surface area contributed by atoms with E-state index in [4.69, 9.17) is 14.2 Å². The first-order valence-electron chi connectivity index (χ1n) is 8.43. The van der Waals surface area contributed by atoms with Crippen molar-refractivity contribution in [2.75, 3.05) is 39.3 Å². The molecule has 138 valence electrons. The van der Waals surface area contributed by atoms with Crippen molar-refractivity contribution < 1.29 is 23.8 Å². The maximum Gasteiger partial charge on any atom is 0.227 e. The number of ether oxygens (including phenoxy) is 3. The van der Waals surface area contributed by atoms with Crippen molar-refractivity contribution in [2.24, 2.45) is 5.92 Å². The Morgan fingerprint density at radius 2 is 1.84 bits per heavy atom. The van der Waals surface area contributed by atoms with Crippen molar-refractivity contribution in [1.29, 1.82) is 0 Å². The summed E-state index contributed by atoms with van der Waals surface area (Å²) in [6.07, 6.45) is 2.15. The lowest BCUT2D eigenvalue weighted by Crippen LogP contribution is -2.33. The minimum Gasteiger partial charge on any atom is -0.493 e. The molecule has 1 aromatic rings. The van der Waals surface area contributed by atoms with Crippen molar-refractivity contribution in [2.45, 2.75) is 26.2 Å². The standard InChI is InChI=1S/C18H26N2O5/c1-5-6-7-19-18(22)12-8-16(21)20(11-12)13-9-14(23-2)17(25-4)15(10-13)24-3/h9-10,12H,5-8,11H2,1-4H3,(H,19,22). The number of hydrogen-bond donors (Lipinski definition) is 1. The van der Waals surface area contributed by atoms with E-state index in [0.29, 0.717) is 36.0 Å². The number of nitrogens with zero attached hydrogens (tertiary/aromatic N) is 1. The molecule has 1 aromatic carbocycles. The maximum absolute atomic E-state index is 12.4. The lowest BCUT2D eigenvalue weighted by Gasteiger charge is -2.20. The van der Waals surface area contributed by atoms with Gasteiger partial charge in [0.15, 0.2) is 11.5 Å². The molecule has 2 rings (SSSR count). The molecule has 1 aliphatic heterocycles. The van der Waals surface area contributed by atoms with E-state index in [9.17, 15) is 9.59 Å². The van der Waals surface area contributed by atoms with Gasteiger partial charge in [-0.2, -0.15) is 0 Å². The number of methoxy groups -OCH3 is 3. The SMILES string of the molecule is CCCCNC(=O)C1CC(=O)N(c2cc(OC)c(OC)c(OC)c2)C1. The molecular weight excluding hydrogens is 324 g/mol. The summed E-state index contributed by atoms with van der Waals surface area (Å²) in [5.74, 6) is 0.903. The average molecular weight is 350 g/mol. The van der Waals surface area contributed by atoms with Gasteiger partial charge in [0, 0.05) is 31.6 Å². The molecule has 25 heavy (non-hydrogen) atoms. The van der Waals surface area contributed by atoms with E-state index < -0.39 is 0 Å². The third kappa shape index (κ3) is 4.15. The molecule has 1 fully saturated rings. The highest BCUT2D eigenvalue weighted by atomic mass is 16.5. The lowest BCUT2D eigenvalue weighted by atomic mass is 10.1. The Kier molecular flexibility index (Phi) is 6.50. The van der Waals surface area contributed by atoms with Gasteiger partial charge < -0.3 is 24.4 Å². The van der Waals surface area contributed by atoms with Gasteiger partial charge in [-0.1, -0.05) is 13.3 Å². The second-order valence-corrected chi connectivity index (χ2v) is 5.93. The Labute approximate surface area is 148 Å². The molecule has 7 heteroatoms. The monoisotopic (exact) mass is 350 g/mol. The maximum atomic E-state index is 12.4. The lowest BCUT2D eigenvalue weighted by molar-refractivity contribution is -0.126. The van der Waals surface area contributed by atoms with E-state index in [-0.39, 0.29) is 24.2 Å². The third-order valence-corrected chi connectivity index (χ3v) is 4.29. The van der Waals surface area contributed by atoms with Gasteiger partial charge >= 0.3 is 0 Å². The number of hydrogen-bond acceptors (Lipinski definition) is 5. The van der Waals surface area contributed by atoms with E-state index >= 15 is 0 Å². The smallest absolute Gasteiger partial charge is 0.227 e. The molecule has 1 unspecified atom stereocenters. The molecule has 0 aliphatic carbocycles. The molecule has 1 N–H and O–H groups in total. The minimum atomic E-state index is -0.344. The van der Waals surface area contributed by atoms with Gasteiger partial charge in [0.1, 0.15) is 0 Å². The summed E-state index contributed by atoms with van der Waals surface area (Å²) in [6, 6.07) is 3.44. The van der Waals surface area contributed by atoms with Gasteiger partial charge in [-0.25, -0.2) is 0 Å². The fourth-order valence-corrected chi connectivity index (χ4v) is 2.89. The van der Waals surface area contributed by atoms with E-state index in [1.54, 1.807) is 17.0 Å². The average Bonchev–Trinajstić information content (AvgIpc) is 3.02. The molecule has 1 heterocycles. The van der Waals surface area contributed by atoms with Crippen LogP contribution in [-0.2, 0) is 9.59 Å². The van der Waals surface area contributed by atoms with Crippen molar-refractivity contribution in [3.05, 3.63) is 12.1 Å². The van der Waals surface area contributed by atoms with Gasteiger partial charge in [0.05, 0.1) is 32.9 Å². The van der Waals surface area contributed by atoms with Crippen LogP contribution in [0.2, 0.25) is 0 Å². The van der Waals surface area contributed by atoms with Gasteiger partial charge in [-0.15, -0.1) is 0 Å². The van der Waals surface area contributed by atoms with E-state index in [0.717, 1.165) is 12.8 Å². The highest BCUT2D eigenvalue weighted by molar-refractivity contribution is 6.00. The number of rotatable bonds is 8. The van der Waals surface area contributed by atoms with Crippen LogP contribution in [0.3, 0.4) is 0 Å². The first-order valence-corrected chi connectivity index (χ1v) is 8.43. The number of unbranched alkanes of at least 4 members (excludes halogenated alkanes) is 1. The van der Waals surface area contributed by atoms with Crippen LogP contribution in [0, 0.1) is 5.92 Å². The van der Waals surface area contributed by atoms with E-state index in [1.165, 1.54) is 21.3 Å². The summed E-state index contributed by atoms with van der Waals surface area (Å²) >= 11 is 0. The van der Waals surface area contributed by atoms with Crippen LogP contribution in [0.15, 0.2) is 12.1 Å². The van der Waals surface area contributed by atoms with Gasteiger partial charge in [0.2, 0.25) is 17.6 Å². The number of carbonyl (C=O) groups excluding carboxylic acids is 2. The zero-order valence-corrected chi connectivity index (χ0v) is 15.3. The fraction of sp³-hybridized carbons (Fsp3) is 0.556. The van der Waals surface area contributed by atoms with Crippen molar-refractivity contribution in [3.8, 4) is 17.2 Å². The van der Waals surface area contributed by atoms with Gasteiger partial charge in [-0.05, 0) is 6.42 Å². The summed E-state index contributed by atoms with van der Waals surface area (Å²) in [5.41, 5.74) is 0.628. The molecule has 0 aromatic heterocycles. The number of nitrogens with one attached hydrogen (secondary N) is 1. The number of benzene rings is 1. The molecule has 0 spiro atoms. The second kappa shape index (κ2) is 8.60. The Bertz CT molecular complexity index is 607. The van der Waals surface area contributed by atoms with Crippen LogP contribution < -0.4 is 24.4 Å². The van der Waals surface area contributed by atoms with E-state index in [2.05, 4.69) is 12.2 Å². The Hall–Kier alpha value is -2.44. The minimum absolute atomic E-state index is 0.0725. The van der Waals surface area contributed by atoms with Crippen LogP contribution in [0.25, 0.3) is 0 Å². The predicted octanol–water partition coefficient (Wildman–Crippen LogP) is 1.98. The summed E-state index contributed by atoms with van der Waals surface area (Å²) in [6.45, 7) is 3.05. The third-order valence-electron chi connectivity index (χ3n) is 4.29. The molecule has 0 bridgehead atoms. The first kappa shape index (κ1) is 18.9. The molecule has 0 radical (unpaired) electrons. The molecule has 1 saturated heterocycles. The topological polar surface area (TPSA) is 77.1 Å². The van der Waals surface area contributed by atoms with Crippen LogP contribution >= 0.6 is 0 Å². The van der Waals surface area contributed by atoms with Crippen molar-refractivity contribution in [1.82, 2.24) is 5.32 Å². The largest absolute Gasteiger partial charge is 0.493 e. The van der Waals surface area contributed by atoms with Gasteiger partial charge in [0.25, 0.3) is 0 Å². The quantitative estimate of drug-likeness (QED) is 0.726. The molecule has 0 saturated carbocycles. The zero-order valence-electron chi connectivity index (χ0n) is 15.3. The molecule has 1 atom stereocenters. The summed E-state index contributed by atoms with van der Waals surface area (Å²) in [7, 11) is 4.57. The van der Waals surface area contributed by atoms with Crippen LogP contribution in [-0.4, -0.2) is 46.2 Å². The molecule has 1 aliphatic rings. The number of amides is 2. The molecule has 7 nitrogen and oxygen atoms in total. The number of carbonyl (C=O) groups is 2. The van der Waals surface area contributed by atoms with Crippen molar-refractivity contribution >= 4 is 17.5 Å². The number of anilines is 1. The van der Waals surface area contributed by atoms with Gasteiger partial charge in [-0.3, -0.25) is 9.59 Å². The summed E-state index contributed by atoms with van der Waals surface area (Å²) in [4.78, 5) is 26.2. The zero-order chi connectivity index (χ0) is 18.4. The summed E-state index contributed by atoms with van der Waals surface area (Å²) < 4.78 is 16.0. The Balaban J connectivity index is 2.18. The highest BCUT2D eigenvalue weighted by Gasteiger charge is 2.35. The highest BCUT2D eigenvalue weighted by Crippen LogP contribution is 2.42. The Morgan fingerprint density at radius 3 is 2.36 bits per heavy atom. The molecule has 2 amide bonds. The Morgan fingerprint density at radius 1 is 1.20 bits per heavy atom.